The lowest BCUT2D eigenvalue weighted by atomic mass is 9.73. The van der Waals surface area contributed by atoms with E-state index in [0.717, 1.165) is 0 Å². The van der Waals surface area contributed by atoms with E-state index in [9.17, 15) is 19.2 Å². The molecule has 13 heteroatoms. The fraction of sp³-hybridized carbons (Fsp3) is 0.179. The minimum atomic E-state index is -1.50. The second kappa shape index (κ2) is 11.4. The van der Waals surface area contributed by atoms with Crippen LogP contribution in [-0.2, 0) is 19.2 Å². The Morgan fingerprint density at radius 3 is 1.44 bits per heavy atom. The summed E-state index contributed by atoms with van der Waals surface area (Å²) >= 11 is 10.7. The van der Waals surface area contributed by atoms with E-state index in [1.54, 1.807) is 60.7 Å². The maximum Gasteiger partial charge on any atom is 0.246 e. The number of nitrogens with zero attached hydrogens (tertiary/aromatic N) is 3. The van der Waals surface area contributed by atoms with Crippen molar-refractivity contribution in [2.45, 2.75) is 5.92 Å². The van der Waals surface area contributed by atoms with Gasteiger partial charge in [0.2, 0.25) is 23.6 Å². The minimum absolute atomic E-state index is 0.129. The van der Waals surface area contributed by atoms with Crippen LogP contribution >= 0.6 is 24.4 Å². The van der Waals surface area contributed by atoms with Crippen molar-refractivity contribution in [1.82, 2.24) is 15.6 Å². The first-order valence-electron chi connectivity index (χ1n) is 12.3. The maximum absolute atomic E-state index is 14.1. The molecule has 0 saturated carbocycles. The second-order valence-electron chi connectivity index (χ2n) is 9.09. The van der Waals surface area contributed by atoms with Crippen LogP contribution in [-0.4, -0.2) is 53.1 Å². The Morgan fingerprint density at radius 1 is 0.683 bits per heavy atom. The smallest absolute Gasteiger partial charge is 0.246 e. The zero-order valence-corrected chi connectivity index (χ0v) is 23.4. The Morgan fingerprint density at radius 2 is 1.07 bits per heavy atom. The molecule has 5 rings (SSSR count). The normalized spacial score (nSPS) is 19.3. The van der Waals surface area contributed by atoms with E-state index in [2.05, 4.69) is 15.6 Å². The number of amides is 4. The van der Waals surface area contributed by atoms with Gasteiger partial charge >= 0.3 is 0 Å². The summed E-state index contributed by atoms with van der Waals surface area (Å²) in [5, 5.41) is 4.89. The Hall–Kier alpha value is -4.75. The number of carbonyl (C=O) groups is 4. The van der Waals surface area contributed by atoms with Gasteiger partial charge in [-0.3, -0.25) is 34.0 Å². The molecule has 2 atom stereocenters. The Kier molecular flexibility index (Phi) is 7.72. The Balaban J connectivity index is 1.59. The van der Waals surface area contributed by atoms with Gasteiger partial charge in [-0.2, -0.15) is 0 Å². The highest BCUT2D eigenvalue weighted by atomic mass is 32.1. The van der Waals surface area contributed by atoms with Crippen molar-refractivity contribution in [1.29, 1.82) is 0 Å². The van der Waals surface area contributed by atoms with Gasteiger partial charge < -0.3 is 20.1 Å². The minimum Gasteiger partial charge on any atom is -0.497 e. The average Bonchev–Trinajstić information content (AvgIpc) is 2.97. The first-order chi connectivity index (χ1) is 19.7. The van der Waals surface area contributed by atoms with Crippen LogP contribution in [0.5, 0.6) is 11.5 Å². The summed E-state index contributed by atoms with van der Waals surface area (Å²) in [7, 11) is 3.02. The molecule has 2 aliphatic heterocycles. The number of anilines is 2. The van der Waals surface area contributed by atoms with Crippen LogP contribution in [0.2, 0.25) is 0 Å². The molecule has 11 nitrogen and oxygen atoms in total. The Labute approximate surface area is 245 Å². The molecule has 3 heterocycles. The summed E-state index contributed by atoms with van der Waals surface area (Å²) in [6.07, 6.45) is 2.91. The average molecular weight is 590 g/mol. The predicted octanol–water partition coefficient (Wildman–Crippen LogP) is 2.31. The SMILES string of the molecule is COc1ccc(N2C(=O)[C@@H](C(c3ccncc3)[C@H]3C(=O)NC(=S)N(c4ccc(OC)cc4)C3=O)C(=O)NC2=S)cc1. The number of thiocarbonyl (C=S) groups is 2. The predicted molar refractivity (Wildman–Crippen MR) is 156 cm³/mol. The highest BCUT2D eigenvalue weighted by Crippen LogP contribution is 2.39. The van der Waals surface area contributed by atoms with Crippen molar-refractivity contribution in [3.05, 3.63) is 78.6 Å². The molecule has 0 radical (unpaired) electrons. The summed E-state index contributed by atoms with van der Waals surface area (Å²) in [4.78, 5) is 61.5. The number of carbonyl (C=O) groups excluding carboxylic acids is 4. The van der Waals surface area contributed by atoms with Crippen LogP contribution in [0.15, 0.2) is 73.1 Å². The molecule has 0 bridgehead atoms. The van der Waals surface area contributed by atoms with E-state index in [4.69, 9.17) is 33.9 Å². The number of pyridine rings is 1. The quantitative estimate of drug-likeness (QED) is 0.315. The van der Waals surface area contributed by atoms with Crippen molar-refractivity contribution in [2.75, 3.05) is 24.0 Å². The van der Waals surface area contributed by atoms with Crippen LogP contribution in [0.1, 0.15) is 11.5 Å². The van der Waals surface area contributed by atoms with Gasteiger partial charge in [-0.05, 0) is 90.7 Å². The summed E-state index contributed by atoms with van der Waals surface area (Å²) in [5.41, 5.74) is 1.13. The molecule has 0 aliphatic carbocycles. The number of methoxy groups -OCH3 is 2. The second-order valence-corrected chi connectivity index (χ2v) is 9.87. The number of nitrogens with one attached hydrogen (secondary N) is 2. The lowest BCUT2D eigenvalue weighted by Crippen LogP contribution is -2.64. The van der Waals surface area contributed by atoms with Gasteiger partial charge in [0.15, 0.2) is 10.2 Å². The molecular formula is C28H23N5O6S2. The number of benzene rings is 2. The number of aromatic nitrogens is 1. The third-order valence-corrected chi connectivity index (χ3v) is 7.44. The van der Waals surface area contributed by atoms with Crippen LogP contribution in [0.25, 0.3) is 0 Å². The molecule has 0 unspecified atom stereocenters. The van der Waals surface area contributed by atoms with Crippen LogP contribution in [0.3, 0.4) is 0 Å². The number of ether oxygens (including phenoxy) is 2. The zero-order valence-electron chi connectivity index (χ0n) is 21.8. The van der Waals surface area contributed by atoms with E-state index >= 15 is 0 Å². The number of hydrogen-bond acceptors (Lipinski definition) is 9. The molecule has 3 aromatic rings. The molecule has 2 fully saturated rings. The topological polar surface area (TPSA) is 130 Å². The van der Waals surface area contributed by atoms with E-state index < -0.39 is 41.4 Å². The standard InChI is InChI=1S/C28H23N5O6S2/c1-38-18-7-3-16(4-8-18)32-25(36)21(23(34)30-27(32)40)20(15-11-13-29-14-12-15)22-24(35)31-28(41)33(26(22)37)17-5-9-19(39-2)10-6-17/h3-14,20-22H,1-2H3,(H,30,34,40)(H,31,35,41)/t21-,22-/m0/s1. The summed E-state index contributed by atoms with van der Waals surface area (Å²) in [6, 6.07) is 16.1. The molecule has 1 aromatic heterocycles. The lowest BCUT2D eigenvalue weighted by Gasteiger charge is -2.41. The first-order valence-corrected chi connectivity index (χ1v) is 13.1. The van der Waals surface area contributed by atoms with Gasteiger partial charge in [0.25, 0.3) is 0 Å². The van der Waals surface area contributed by atoms with Crippen molar-refractivity contribution in [2.24, 2.45) is 11.8 Å². The van der Waals surface area contributed by atoms with Gasteiger partial charge in [-0.25, -0.2) is 0 Å². The van der Waals surface area contributed by atoms with Gasteiger partial charge in [-0.15, -0.1) is 0 Å². The molecule has 2 N–H and O–H groups in total. The van der Waals surface area contributed by atoms with Gasteiger partial charge in [0.1, 0.15) is 23.3 Å². The van der Waals surface area contributed by atoms with E-state index in [-0.39, 0.29) is 10.2 Å². The first kappa shape index (κ1) is 27.8. The van der Waals surface area contributed by atoms with Gasteiger partial charge in [0, 0.05) is 18.3 Å². The fourth-order valence-electron chi connectivity index (χ4n) is 4.93. The summed E-state index contributed by atoms with van der Waals surface area (Å²) in [5.74, 6) is -6.01. The molecular weight excluding hydrogens is 566 g/mol. The molecule has 208 valence electrons. The van der Waals surface area contributed by atoms with Crippen molar-refractivity contribution >= 4 is 69.7 Å². The van der Waals surface area contributed by atoms with E-state index in [0.29, 0.717) is 28.4 Å². The third kappa shape index (κ3) is 5.12. The molecule has 41 heavy (non-hydrogen) atoms. The van der Waals surface area contributed by atoms with E-state index in [1.807, 2.05) is 0 Å². The fourth-order valence-corrected chi connectivity index (χ4v) is 5.52. The van der Waals surface area contributed by atoms with Crippen molar-refractivity contribution < 1.29 is 28.7 Å². The molecule has 2 saturated heterocycles. The van der Waals surface area contributed by atoms with Crippen molar-refractivity contribution in [3.63, 3.8) is 0 Å². The molecule has 2 aromatic carbocycles. The van der Waals surface area contributed by atoms with Crippen LogP contribution in [0.4, 0.5) is 11.4 Å². The molecule has 0 spiro atoms. The highest BCUT2D eigenvalue weighted by Gasteiger charge is 2.53. The summed E-state index contributed by atoms with van der Waals surface area (Å²) < 4.78 is 10.4. The summed E-state index contributed by atoms with van der Waals surface area (Å²) in [6.45, 7) is 0. The lowest BCUT2D eigenvalue weighted by molar-refractivity contribution is -0.139. The van der Waals surface area contributed by atoms with Crippen LogP contribution in [0, 0.1) is 11.8 Å². The maximum atomic E-state index is 14.1. The van der Waals surface area contributed by atoms with Gasteiger partial charge in [0.05, 0.1) is 25.6 Å². The van der Waals surface area contributed by atoms with Crippen molar-refractivity contribution in [3.8, 4) is 11.5 Å². The molecule has 2 aliphatic rings. The molecule has 4 amide bonds. The third-order valence-electron chi connectivity index (χ3n) is 6.87. The largest absolute Gasteiger partial charge is 0.497 e. The van der Waals surface area contributed by atoms with Crippen LogP contribution < -0.4 is 29.9 Å². The number of rotatable bonds is 7. The Bertz CT molecular complexity index is 1450. The zero-order chi connectivity index (χ0) is 29.3. The van der Waals surface area contributed by atoms with E-state index in [1.165, 1.54) is 36.4 Å². The van der Waals surface area contributed by atoms with Gasteiger partial charge in [-0.1, -0.05) is 0 Å². The monoisotopic (exact) mass is 589 g/mol. The highest BCUT2D eigenvalue weighted by molar-refractivity contribution is 7.80. The number of hydrogen-bond donors (Lipinski definition) is 2.